The van der Waals surface area contributed by atoms with Crippen molar-refractivity contribution in [1.82, 2.24) is 9.55 Å². The Morgan fingerprint density at radius 1 is 1.44 bits per heavy atom. The van der Waals surface area contributed by atoms with Crippen molar-refractivity contribution in [3.63, 3.8) is 0 Å². The Balaban J connectivity index is 2.56. The van der Waals surface area contributed by atoms with Crippen LogP contribution in [0.3, 0.4) is 0 Å². The quantitative estimate of drug-likeness (QED) is 0.889. The van der Waals surface area contributed by atoms with E-state index in [1.165, 1.54) is 0 Å². The van der Waals surface area contributed by atoms with Gasteiger partial charge in [-0.1, -0.05) is 18.5 Å². The van der Waals surface area contributed by atoms with Crippen molar-refractivity contribution in [3.8, 4) is 0 Å². The molecule has 1 N–H and O–H groups in total. The van der Waals surface area contributed by atoms with Gasteiger partial charge in [0.15, 0.2) is 0 Å². The lowest BCUT2D eigenvalue weighted by Gasteiger charge is -2.05. The summed E-state index contributed by atoms with van der Waals surface area (Å²) in [4.78, 5) is 4.55. The fourth-order valence-corrected chi connectivity index (χ4v) is 2.08. The molecule has 1 aromatic carbocycles. The van der Waals surface area contributed by atoms with E-state index < -0.39 is 0 Å². The first-order chi connectivity index (χ1) is 7.76. The van der Waals surface area contributed by atoms with Crippen LogP contribution in [0.2, 0.25) is 5.02 Å². The number of aryl methyl sites for hydroxylation is 1. The summed E-state index contributed by atoms with van der Waals surface area (Å²) < 4.78 is 2.06. The van der Waals surface area contributed by atoms with Gasteiger partial charge in [-0.2, -0.15) is 0 Å². The van der Waals surface area contributed by atoms with E-state index in [1.54, 1.807) is 0 Å². The molecule has 2 rings (SSSR count). The van der Waals surface area contributed by atoms with E-state index in [4.69, 9.17) is 16.7 Å². The maximum absolute atomic E-state index is 9.07. The largest absolute Gasteiger partial charge is 0.395 e. The molecule has 0 saturated heterocycles. The summed E-state index contributed by atoms with van der Waals surface area (Å²) in [6.07, 6.45) is 1.97. The van der Waals surface area contributed by atoms with Crippen LogP contribution in [0.5, 0.6) is 0 Å². The molecule has 0 bridgehead atoms. The van der Waals surface area contributed by atoms with Gasteiger partial charge in [0.05, 0.1) is 17.6 Å². The van der Waals surface area contributed by atoms with Crippen LogP contribution in [-0.2, 0) is 13.0 Å². The Bertz CT molecular complexity index is 493. The molecule has 4 heteroatoms. The summed E-state index contributed by atoms with van der Waals surface area (Å²) in [5.41, 5.74) is 1.95. The lowest BCUT2D eigenvalue weighted by atomic mass is 10.3. The van der Waals surface area contributed by atoms with Crippen molar-refractivity contribution in [2.75, 3.05) is 6.61 Å². The average molecular weight is 239 g/mol. The molecular weight excluding hydrogens is 224 g/mol. The molecule has 0 spiro atoms. The number of halogens is 1. The lowest BCUT2D eigenvalue weighted by molar-refractivity contribution is 0.276. The van der Waals surface area contributed by atoms with Gasteiger partial charge in [0, 0.05) is 18.0 Å². The molecule has 3 nitrogen and oxygen atoms in total. The SMILES string of the molecule is CCCc1nc2cc(Cl)ccc2n1CCO. The van der Waals surface area contributed by atoms with Gasteiger partial charge in [-0.25, -0.2) is 4.98 Å². The van der Waals surface area contributed by atoms with Gasteiger partial charge in [-0.15, -0.1) is 0 Å². The molecule has 0 atom stereocenters. The lowest BCUT2D eigenvalue weighted by Crippen LogP contribution is -2.06. The molecule has 2 aromatic rings. The predicted octanol–water partition coefficient (Wildman–Crippen LogP) is 2.63. The summed E-state index contributed by atoms with van der Waals surface area (Å²) in [6.45, 7) is 2.84. The molecule has 1 aromatic heterocycles. The van der Waals surface area contributed by atoms with E-state index in [9.17, 15) is 0 Å². The number of hydrogen-bond donors (Lipinski definition) is 1. The van der Waals surface area contributed by atoms with E-state index >= 15 is 0 Å². The zero-order chi connectivity index (χ0) is 11.5. The number of fused-ring (bicyclic) bond motifs is 1. The molecule has 0 radical (unpaired) electrons. The number of aliphatic hydroxyl groups is 1. The van der Waals surface area contributed by atoms with Crippen molar-refractivity contribution in [1.29, 1.82) is 0 Å². The number of benzene rings is 1. The van der Waals surface area contributed by atoms with Crippen LogP contribution in [0.25, 0.3) is 11.0 Å². The third-order valence-corrected chi connectivity index (χ3v) is 2.82. The second kappa shape index (κ2) is 4.85. The first-order valence-corrected chi connectivity index (χ1v) is 5.89. The highest BCUT2D eigenvalue weighted by molar-refractivity contribution is 6.31. The first kappa shape index (κ1) is 11.4. The zero-order valence-electron chi connectivity index (χ0n) is 9.28. The minimum Gasteiger partial charge on any atom is -0.395 e. The van der Waals surface area contributed by atoms with Crippen LogP contribution in [-0.4, -0.2) is 21.3 Å². The monoisotopic (exact) mass is 238 g/mol. The number of nitrogens with zero attached hydrogens (tertiary/aromatic N) is 2. The van der Waals surface area contributed by atoms with Gasteiger partial charge in [0.1, 0.15) is 5.82 Å². The van der Waals surface area contributed by atoms with Crippen molar-refractivity contribution >= 4 is 22.6 Å². The van der Waals surface area contributed by atoms with Gasteiger partial charge in [0.2, 0.25) is 0 Å². The number of imidazole rings is 1. The molecule has 0 aliphatic carbocycles. The highest BCUT2D eigenvalue weighted by Crippen LogP contribution is 2.21. The molecule has 1 heterocycles. The normalized spacial score (nSPS) is 11.2. The zero-order valence-corrected chi connectivity index (χ0v) is 10.0. The predicted molar refractivity (Wildman–Crippen MR) is 65.8 cm³/mol. The van der Waals surface area contributed by atoms with Crippen molar-refractivity contribution < 1.29 is 5.11 Å². The number of aromatic nitrogens is 2. The minimum atomic E-state index is 0.130. The fourth-order valence-electron chi connectivity index (χ4n) is 1.92. The van der Waals surface area contributed by atoms with Gasteiger partial charge >= 0.3 is 0 Å². The summed E-state index contributed by atoms with van der Waals surface area (Å²) in [5.74, 6) is 1.02. The van der Waals surface area contributed by atoms with E-state index in [0.29, 0.717) is 11.6 Å². The Hall–Kier alpha value is -1.06. The Labute approximate surface area is 99.7 Å². The summed E-state index contributed by atoms with van der Waals surface area (Å²) in [6, 6.07) is 5.68. The van der Waals surface area contributed by atoms with Crippen LogP contribution < -0.4 is 0 Å². The molecule has 0 aliphatic rings. The van der Waals surface area contributed by atoms with Crippen molar-refractivity contribution in [2.45, 2.75) is 26.3 Å². The Kier molecular flexibility index (Phi) is 3.46. The maximum atomic E-state index is 9.07. The maximum Gasteiger partial charge on any atom is 0.109 e. The molecule has 0 saturated carbocycles. The van der Waals surface area contributed by atoms with Gasteiger partial charge < -0.3 is 9.67 Å². The second-order valence-electron chi connectivity index (χ2n) is 3.79. The first-order valence-electron chi connectivity index (χ1n) is 5.51. The fraction of sp³-hybridized carbons (Fsp3) is 0.417. The molecule has 0 aliphatic heterocycles. The number of rotatable bonds is 4. The Morgan fingerprint density at radius 2 is 2.25 bits per heavy atom. The van der Waals surface area contributed by atoms with Gasteiger partial charge in [0.25, 0.3) is 0 Å². The molecule has 16 heavy (non-hydrogen) atoms. The summed E-state index contributed by atoms with van der Waals surface area (Å²) in [5, 5.41) is 9.77. The van der Waals surface area contributed by atoms with Crippen LogP contribution in [0.15, 0.2) is 18.2 Å². The topological polar surface area (TPSA) is 38.0 Å². The van der Waals surface area contributed by atoms with Crippen LogP contribution in [0.1, 0.15) is 19.2 Å². The molecule has 0 fully saturated rings. The minimum absolute atomic E-state index is 0.130. The number of hydrogen-bond acceptors (Lipinski definition) is 2. The average Bonchev–Trinajstić information content (AvgIpc) is 2.57. The summed E-state index contributed by atoms with van der Waals surface area (Å²) >= 11 is 5.94. The standard InChI is InChI=1S/C12H15ClN2O/c1-2-3-12-14-10-8-9(13)4-5-11(10)15(12)6-7-16/h4-5,8,16H,2-3,6-7H2,1H3. The van der Waals surface area contributed by atoms with Crippen molar-refractivity contribution in [3.05, 3.63) is 29.0 Å². The van der Waals surface area contributed by atoms with Crippen LogP contribution in [0.4, 0.5) is 0 Å². The second-order valence-corrected chi connectivity index (χ2v) is 4.22. The highest BCUT2D eigenvalue weighted by Gasteiger charge is 2.09. The van der Waals surface area contributed by atoms with Gasteiger partial charge in [-0.05, 0) is 24.6 Å². The third-order valence-electron chi connectivity index (χ3n) is 2.59. The molecule has 0 amide bonds. The van der Waals surface area contributed by atoms with Crippen LogP contribution in [0, 0.1) is 0 Å². The smallest absolute Gasteiger partial charge is 0.109 e. The van der Waals surface area contributed by atoms with E-state index in [0.717, 1.165) is 29.7 Å². The van der Waals surface area contributed by atoms with E-state index in [-0.39, 0.29) is 6.61 Å². The van der Waals surface area contributed by atoms with Crippen molar-refractivity contribution in [2.24, 2.45) is 0 Å². The van der Waals surface area contributed by atoms with Gasteiger partial charge in [-0.3, -0.25) is 0 Å². The molecule has 0 unspecified atom stereocenters. The summed E-state index contributed by atoms with van der Waals surface area (Å²) in [7, 11) is 0. The third kappa shape index (κ3) is 2.06. The molecular formula is C12H15ClN2O. The van der Waals surface area contributed by atoms with E-state index in [2.05, 4.69) is 16.5 Å². The number of aliphatic hydroxyl groups excluding tert-OH is 1. The van der Waals surface area contributed by atoms with E-state index in [1.807, 2.05) is 18.2 Å². The Morgan fingerprint density at radius 3 is 2.94 bits per heavy atom. The van der Waals surface area contributed by atoms with Crippen LogP contribution >= 0.6 is 11.6 Å². The molecule has 86 valence electrons. The highest BCUT2D eigenvalue weighted by atomic mass is 35.5.